The normalized spacial score (nSPS) is 18.6. The van der Waals surface area contributed by atoms with Crippen LogP contribution in [0.3, 0.4) is 0 Å². The Bertz CT molecular complexity index is 1990. The van der Waals surface area contributed by atoms with Crippen LogP contribution in [0.25, 0.3) is 44.0 Å². The van der Waals surface area contributed by atoms with Crippen LogP contribution in [-0.4, -0.2) is 0 Å². The van der Waals surface area contributed by atoms with E-state index in [0.29, 0.717) is 0 Å². The Kier molecular flexibility index (Phi) is 3.06. The maximum atomic E-state index is 6.61. The van der Waals surface area contributed by atoms with Crippen LogP contribution in [-0.2, 0) is 17.5 Å². The van der Waals surface area contributed by atoms with Crippen LogP contribution >= 0.6 is 0 Å². The molecule has 36 heavy (non-hydrogen) atoms. The lowest BCUT2D eigenvalue weighted by atomic mass is 9.80. The number of benzene rings is 3. The van der Waals surface area contributed by atoms with Crippen molar-refractivity contribution in [3.05, 3.63) is 95.8 Å². The Morgan fingerprint density at radius 3 is 2.53 bits per heavy atom. The summed E-state index contributed by atoms with van der Waals surface area (Å²) in [6.45, 7) is 6.85. The van der Waals surface area contributed by atoms with Gasteiger partial charge in [-0.3, -0.25) is 0 Å². The number of pyridine rings is 2. The highest BCUT2D eigenvalue weighted by Gasteiger charge is 2.63. The molecule has 9 rings (SSSR count). The minimum absolute atomic E-state index is 0.0441. The molecule has 0 saturated heterocycles. The second kappa shape index (κ2) is 5.79. The highest BCUT2D eigenvalue weighted by molar-refractivity contribution is 6.22. The van der Waals surface area contributed by atoms with Crippen LogP contribution in [0.5, 0.6) is 11.6 Å². The molecule has 4 heteroatoms. The Balaban J connectivity index is 1.60. The summed E-state index contributed by atoms with van der Waals surface area (Å²) in [5.74, 6) is 1.78. The first-order chi connectivity index (χ1) is 17.4. The van der Waals surface area contributed by atoms with E-state index in [-0.39, 0.29) is 5.41 Å². The third-order valence-electron chi connectivity index (χ3n) is 8.61. The maximum Gasteiger partial charge on any atom is 0.399 e. The van der Waals surface area contributed by atoms with Gasteiger partial charge in [0, 0.05) is 34.4 Å². The monoisotopic (exact) mass is 468 g/mol. The van der Waals surface area contributed by atoms with E-state index in [4.69, 9.17) is 9.15 Å². The van der Waals surface area contributed by atoms with Gasteiger partial charge < -0.3 is 9.15 Å². The van der Waals surface area contributed by atoms with Gasteiger partial charge in [0.2, 0.25) is 5.69 Å². The number of furan rings is 1. The summed E-state index contributed by atoms with van der Waals surface area (Å²) in [7, 11) is 0. The molecule has 1 spiro atoms. The Labute approximate surface area is 208 Å². The van der Waals surface area contributed by atoms with Gasteiger partial charge in [-0.05, 0) is 52.3 Å². The van der Waals surface area contributed by atoms with E-state index in [1.54, 1.807) is 0 Å². The van der Waals surface area contributed by atoms with Crippen molar-refractivity contribution >= 4 is 32.7 Å². The summed E-state index contributed by atoms with van der Waals surface area (Å²) in [5.41, 5.74) is 7.88. The van der Waals surface area contributed by atoms with Crippen molar-refractivity contribution in [3.8, 4) is 22.9 Å². The number of hydrogen-bond acceptors (Lipinski definition) is 2. The molecule has 6 aromatic rings. The molecular weight excluding hydrogens is 444 g/mol. The molecule has 0 aliphatic carbocycles. The third kappa shape index (κ3) is 1.98. The van der Waals surface area contributed by atoms with Crippen LogP contribution in [0.15, 0.2) is 83.5 Å². The predicted octanol–water partition coefficient (Wildman–Crippen LogP) is 6.50. The summed E-state index contributed by atoms with van der Waals surface area (Å²) in [4.78, 5) is 0. The summed E-state index contributed by atoms with van der Waals surface area (Å²) < 4.78 is 17.9. The Hall–Kier alpha value is -4.18. The molecule has 1 atom stereocenters. The lowest BCUT2D eigenvalue weighted by Crippen LogP contribution is -2.77. The van der Waals surface area contributed by atoms with Crippen molar-refractivity contribution in [3.63, 3.8) is 0 Å². The second-order valence-corrected chi connectivity index (χ2v) is 11.5. The van der Waals surface area contributed by atoms with E-state index in [9.17, 15) is 0 Å². The van der Waals surface area contributed by atoms with Crippen molar-refractivity contribution in [2.75, 3.05) is 0 Å². The van der Waals surface area contributed by atoms with Crippen molar-refractivity contribution < 1.29 is 18.3 Å². The summed E-state index contributed by atoms with van der Waals surface area (Å²) in [6.07, 6.45) is 5.31. The van der Waals surface area contributed by atoms with Gasteiger partial charge >= 0.3 is 11.5 Å². The number of hydrogen-bond donors (Lipinski definition) is 0. The predicted molar refractivity (Wildman–Crippen MR) is 138 cm³/mol. The van der Waals surface area contributed by atoms with Crippen molar-refractivity contribution in [2.24, 2.45) is 0 Å². The number of ether oxygens (including phenoxy) is 1. The third-order valence-corrected chi connectivity index (χ3v) is 8.61. The van der Waals surface area contributed by atoms with Gasteiger partial charge in [-0.1, -0.05) is 37.5 Å². The van der Waals surface area contributed by atoms with E-state index in [2.05, 4.69) is 109 Å². The molecule has 3 aromatic carbocycles. The van der Waals surface area contributed by atoms with Crippen molar-refractivity contribution in [1.82, 2.24) is 0 Å². The van der Waals surface area contributed by atoms with E-state index in [0.717, 1.165) is 29.2 Å². The summed E-state index contributed by atoms with van der Waals surface area (Å²) in [6, 6.07) is 24.0. The molecule has 4 bridgehead atoms. The van der Waals surface area contributed by atoms with Gasteiger partial charge in [0.05, 0.1) is 11.6 Å². The molecule has 4 nitrogen and oxygen atoms in total. The van der Waals surface area contributed by atoms with Crippen LogP contribution in [0.1, 0.15) is 37.5 Å². The van der Waals surface area contributed by atoms with E-state index in [1.165, 1.54) is 49.5 Å². The van der Waals surface area contributed by atoms with E-state index < -0.39 is 5.66 Å². The van der Waals surface area contributed by atoms with Crippen molar-refractivity contribution in [2.45, 2.75) is 38.3 Å². The molecule has 0 saturated carbocycles. The van der Waals surface area contributed by atoms with Crippen LogP contribution < -0.4 is 13.9 Å². The molecule has 0 radical (unpaired) electrons. The zero-order valence-corrected chi connectivity index (χ0v) is 20.4. The number of nitrogens with zero attached hydrogens (tertiary/aromatic N) is 2. The molecule has 0 fully saturated rings. The molecule has 3 aromatic heterocycles. The highest BCUT2D eigenvalue weighted by Crippen LogP contribution is 2.53. The van der Waals surface area contributed by atoms with E-state index in [1.807, 2.05) is 0 Å². The SMILES string of the molecule is CC(C)(C)c1cc[n+]2c(c1)-c1ccc3oc4ccc5ccc6c7c5c4c3c1CC72[n+]1ccccc1O6. The first-order valence-corrected chi connectivity index (χ1v) is 12.7. The first-order valence-electron chi connectivity index (χ1n) is 12.7. The van der Waals surface area contributed by atoms with Gasteiger partial charge in [-0.2, -0.15) is 0 Å². The lowest BCUT2D eigenvalue weighted by Gasteiger charge is -2.34. The van der Waals surface area contributed by atoms with Gasteiger partial charge in [0.25, 0.3) is 0 Å². The second-order valence-electron chi connectivity index (χ2n) is 11.5. The summed E-state index contributed by atoms with van der Waals surface area (Å²) in [5, 5.41) is 4.92. The maximum absolute atomic E-state index is 6.61. The number of fused-ring (bicyclic) bond motifs is 1. The molecule has 3 aliphatic rings. The standard InChI is InChI=1S/C32H24N2O2/c1-31(2,3)19-13-15-33-22(16-19)20-9-12-23-28-21(20)17-32(33)30-25(36-26-6-4-5-14-34(26)32)11-8-18-7-10-24(35-23)29(28)27(18)30/h4-16H,17H2,1-3H3/q+2. The fraction of sp³-hybridized carbons (Fsp3) is 0.188. The number of rotatable bonds is 0. The summed E-state index contributed by atoms with van der Waals surface area (Å²) >= 11 is 0. The van der Waals surface area contributed by atoms with Gasteiger partial charge in [0.1, 0.15) is 23.2 Å². The smallest absolute Gasteiger partial charge is 0.399 e. The van der Waals surface area contributed by atoms with E-state index >= 15 is 0 Å². The van der Waals surface area contributed by atoms with Gasteiger partial charge in [-0.15, -0.1) is 4.57 Å². The molecule has 1 unspecified atom stereocenters. The molecular formula is C32H24N2O2+2. The Morgan fingerprint density at radius 1 is 0.806 bits per heavy atom. The minimum Gasteiger partial charge on any atom is -0.456 e. The molecule has 172 valence electrons. The largest absolute Gasteiger partial charge is 0.456 e. The lowest BCUT2D eigenvalue weighted by molar-refractivity contribution is -0.981. The van der Waals surface area contributed by atoms with Crippen LogP contribution in [0.2, 0.25) is 0 Å². The van der Waals surface area contributed by atoms with Crippen molar-refractivity contribution in [1.29, 1.82) is 0 Å². The van der Waals surface area contributed by atoms with Gasteiger partial charge in [-0.25, -0.2) is 0 Å². The topological polar surface area (TPSA) is 30.1 Å². The average molecular weight is 469 g/mol. The molecule has 0 N–H and O–H groups in total. The zero-order chi connectivity index (χ0) is 24.0. The fourth-order valence-electron chi connectivity index (χ4n) is 7.01. The quantitative estimate of drug-likeness (QED) is 0.238. The minimum atomic E-state index is -0.489. The molecule has 3 aliphatic heterocycles. The molecule has 6 heterocycles. The fourth-order valence-corrected chi connectivity index (χ4v) is 7.01. The molecule has 0 amide bonds. The average Bonchev–Trinajstić information content (AvgIpc) is 3.20. The van der Waals surface area contributed by atoms with Gasteiger partial charge in [0.15, 0.2) is 18.1 Å². The first kappa shape index (κ1) is 19.1. The number of aromatic nitrogens is 2. The highest BCUT2D eigenvalue weighted by atomic mass is 16.5. The Morgan fingerprint density at radius 2 is 1.64 bits per heavy atom. The van der Waals surface area contributed by atoms with Crippen LogP contribution in [0.4, 0.5) is 0 Å². The zero-order valence-electron chi connectivity index (χ0n) is 20.4. The van der Waals surface area contributed by atoms with Crippen LogP contribution in [0, 0.1) is 0 Å².